The summed E-state index contributed by atoms with van der Waals surface area (Å²) in [5.41, 5.74) is 0.168. The summed E-state index contributed by atoms with van der Waals surface area (Å²) in [5.74, 6) is -1.79. The number of ether oxygens (including phenoxy) is 1. The zero-order valence-corrected chi connectivity index (χ0v) is 10.1. The molecule has 1 aromatic carbocycles. The number of carbonyl (C=O) groups excluding carboxylic acids is 1. The monoisotopic (exact) mass is 273 g/mol. The van der Waals surface area contributed by atoms with Crippen LogP contribution in [0, 0.1) is 0 Å². The first-order valence-corrected chi connectivity index (χ1v) is 5.52. The lowest BCUT2D eigenvalue weighted by Gasteiger charge is -2.12. The Hall–Kier alpha value is -2.18. The van der Waals surface area contributed by atoms with Gasteiger partial charge in [-0.05, 0) is 30.7 Å². The lowest BCUT2D eigenvalue weighted by molar-refractivity contribution is -0.139. The molecule has 0 aliphatic carbocycles. The van der Waals surface area contributed by atoms with Crippen LogP contribution in [0.1, 0.15) is 23.7 Å². The first-order chi connectivity index (χ1) is 8.93. The molecule has 0 aliphatic rings. The smallest absolute Gasteiger partial charge is 0.387 e. The third kappa shape index (κ3) is 4.53. The highest BCUT2D eigenvalue weighted by Crippen LogP contribution is 2.15. The van der Waals surface area contributed by atoms with Crippen LogP contribution in [0.5, 0.6) is 5.75 Å². The third-order valence-electron chi connectivity index (χ3n) is 2.35. The highest BCUT2D eigenvalue weighted by molar-refractivity contribution is 5.96. The van der Waals surface area contributed by atoms with Crippen molar-refractivity contribution in [3.05, 3.63) is 29.8 Å². The van der Waals surface area contributed by atoms with Gasteiger partial charge in [0.25, 0.3) is 5.91 Å². The van der Waals surface area contributed by atoms with Gasteiger partial charge in [-0.15, -0.1) is 0 Å². The number of carbonyl (C=O) groups is 2. The predicted molar refractivity (Wildman–Crippen MR) is 62.3 cm³/mol. The number of carboxylic acids is 1. The number of amides is 1. The molecule has 0 radical (unpaired) electrons. The molecule has 7 heteroatoms. The van der Waals surface area contributed by atoms with E-state index in [1.807, 2.05) is 0 Å². The molecule has 0 bridgehead atoms. The first-order valence-electron chi connectivity index (χ1n) is 5.52. The lowest BCUT2D eigenvalue weighted by Crippen LogP contribution is -2.40. The molecule has 5 nitrogen and oxygen atoms in total. The molecule has 104 valence electrons. The zero-order chi connectivity index (χ0) is 14.4. The quantitative estimate of drug-likeness (QED) is 0.829. The summed E-state index contributed by atoms with van der Waals surface area (Å²) in [6, 6.07) is 4.00. The number of benzene rings is 1. The minimum Gasteiger partial charge on any atom is -0.480 e. The van der Waals surface area contributed by atoms with Gasteiger partial charge in [0.1, 0.15) is 11.8 Å². The van der Waals surface area contributed by atoms with Crippen LogP contribution in [0.4, 0.5) is 8.78 Å². The van der Waals surface area contributed by atoms with Crippen molar-refractivity contribution in [3.63, 3.8) is 0 Å². The maximum atomic E-state index is 11.9. The normalized spacial score (nSPS) is 12.0. The summed E-state index contributed by atoms with van der Waals surface area (Å²) < 4.78 is 28.0. The molecule has 0 heterocycles. The molecule has 19 heavy (non-hydrogen) atoms. The highest BCUT2D eigenvalue weighted by atomic mass is 19.3. The fourth-order valence-electron chi connectivity index (χ4n) is 1.37. The number of hydrogen-bond acceptors (Lipinski definition) is 3. The molecule has 1 aromatic rings. The molecular formula is C12H13F2NO4. The van der Waals surface area contributed by atoms with E-state index in [9.17, 15) is 18.4 Å². The molecule has 1 unspecified atom stereocenters. The number of halogens is 2. The van der Waals surface area contributed by atoms with Crippen LogP contribution in [0.3, 0.4) is 0 Å². The van der Waals surface area contributed by atoms with Gasteiger partial charge in [-0.3, -0.25) is 4.79 Å². The number of nitrogens with one attached hydrogen (secondary N) is 1. The molecule has 0 spiro atoms. The van der Waals surface area contributed by atoms with Crippen molar-refractivity contribution >= 4 is 11.9 Å². The maximum absolute atomic E-state index is 11.9. The van der Waals surface area contributed by atoms with Gasteiger partial charge in [-0.25, -0.2) is 4.79 Å². The van der Waals surface area contributed by atoms with Crippen molar-refractivity contribution < 1.29 is 28.2 Å². The molecule has 0 aromatic heterocycles. The number of rotatable bonds is 6. The Morgan fingerprint density at radius 2 is 1.89 bits per heavy atom. The SMILES string of the molecule is CCC(NC(=O)c1ccc(OC(F)F)cc1)C(=O)O. The third-order valence-corrected chi connectivity index (χ3v) is 2.35. The van der Waals surface area contributed by atoms with Gasteiger partial charge in [-0.2, -0.15) is 8.78 Å². The van der Waals surface area contributed by atoms with Crippen LogP contribution in [0.2, 0.25) is 0 Å². The van der Waals surface area contributed by atoms with Gasteiger partial charge in [-0.1, -0.05) is 6.92 Å². The van der Waals surface area contributed by atoms with E-state index in [0.29, 0.717) is 0 Å². The fourth-order valence-corrected chi connectivity index (χ4v) is 1.37. The largest absolute Gasteiger partial charge is 0.480 e. The second-order valence-corrected chi connectivity index (χ2v) is 3.68. The van der Waals surface area contributed by atoms with Crippen molar-refractivity contribution in [2.24, 2.45) is 0 Å². The minimum absolute atomic E-state index is 0.0724. The summed E-state index contributed by atoms with van der Waals surface area (Å²) in [6.07, 6.45) is 0.244. The van der Waals surface area contributed by atoms with Crippen LogP contribution in [-0.2, 0) is 4.79 Å². The lowest BCUT2D eigenvalue weighted by atomic mass is 10.1. The molecule has 0 saturated heterocycles. The van der Waals surface area contributed by atoms with Crippen molar-refractivity contribution in [3.8, 4) is 5.75 Å². The Bertz CT molecular complexity index is 448. The molecule has 1 amide bonds. The second kappa shape index (κ2) is 6.67. The van der Waals surface area contributed by atoms with E-state index in [2.05, 4.69) is 10.1 Å². The van der Waals surface area contributed by atoms with E-state index < -0.39 is 24.5 Å². The molecule has 2 N–H and O–H groups in total. The van der Waals surface area contributed by atoms with E-state index >= 15 is 0 Å². The van der Waals surface area contributed by atoms with E-state index in [1.54, 1.807) is 6.92 Å². The zero-order valence-electron chi connectivity index (χ0n) is 10.1. The summed E-state index contributed by atoms with van der Waals surface area (Å²) in [7, 11) is 0. The van der Waals surface area contributed by atoms with Crippen LogP contribution in [0.25, 0.3) is 0 Å². The standard InChI is InChI=1S/C12H13F2NO4/c1-2-9(11(17)18)15-10(16)7-3-5-8(6-4-7)19-12(13)14/h3-6,9,12H,2H2,1H3,(H,15,16)(H,17,18). The van der Waals surface area contributed by atoms with Crippen molar-refractivity contribution in [1.29, 1.82) is 0 Å². The van der Waals surface area contributed by atoms with Gasteiger partial charge in [0, 0.05) is 5.56 Å². The molecule has 0 aliphatic heterocycles. The first kappa shape index (κ1) is 14.9. The topological polar surface area (TPSA) is 75.6 Å². The second-order valence-electron chi connectivity index (χ2n) is 3.68. The van der Waals surface area contributed by atoms with Gasteiger partial charge in [0.15, 0.2) is 0 Å². The summed E-state index contributed by atoms with van der Waals surface area (Å²) in [6.45, 7) is -1.31. The molecular weight excluding hydrogens is 260 g/mol. The van der Waals surface area contributed by atoms with Gasteiger partial charge in [0.05, 0.1) is 0 Å². The molecule has 1 rings (SSSR count). The van der Waals surface area contributed by atoms with Crippen LogP contribution >= 0.6 is 0 Å². The molecule has 1 atom stereocenters. The maximum Gasteiger partial charge on any atom is 0.387 e. The van der Waals surface area contributed by atoms with Gasteiger partial charge in [0.2, 0.25) is 0 Å². The fraction of sp³-hybridized carbons (Fsp3) is 0.333. The van der Waals surface area contributed by atoms with Crippen molar-refractivity contribution in [2.75, 3.05) is 0 Å². The van der Waals surface area contributed by atoms with E-state index in [1.165, 1.54) is 24.3 Å². The number of aliphatic carboxylic acids is 1. The van der Waals surface area contributed by atoms with Crippen LogP contribution in [0.15, 0.2) is 24.3 Å². The molecule has 0 fully saturated rings. The van der Waals surface area contributed by atoms with Crippen LogP contribution in [-0.4, -0.2) is 29.6 Å². The summed E-state index contributed by atoms with van der Waals surface area (Å²) in [5, 5.41) is 11.1. The Kier molecular flexibility index (Phi) is 5.23. The predicted octanol–water partition coefficient (Wildman–Crippen LogP) is 1.88. The number of carboxylic acid groups (broad SMARTS) is 1. The average molecular weight is 273 g/mol. The van der Waals surface area contributed by atoms with Gasteiger partial charge >= 0.3 is 12.6 Å². The minimum atomic E-state index is -2.93. The Morgan fingerprint density at radius 3 is 2.32 bits per heavy atom. The van der Waals surface area contributed by atoms with Crippen molar-refractivity contribution in [1.82, 2.24) is 5.32 Å². The number of alkyl halides is 2. The van der Waals surface area contributed by atoms with Gasteiger partial charge < -0.3 is 15.2 Å². The average Bonchev–Trinajstić information content (AvgIpc) is 2.35. The Morgan fingerprint density at radius 1 is 1.32 bits per heavy atom. The molecule has 0 saturated carbocycles. The summed E-state index contributed by atoms with van der Waals surface area (Å²) in [4.78, 5) is 22.4. The van der Waals surface area contributed by atoms with E-state index in [0.717, 1.165) is 0 Å². The highest BCUT2D eigenvalue weighted by Gasteiger charge is 2.18. The van der Waals surface area contributed by atoms with E-state index in [4.69, 9.17) is 5.11 Å². The summed E-state index contributed by atoms with van der Waals surface area (Å²) >= 11 is 0. The Balaban J connectivity index is 2.70. The Labute approximate surface area is 108 Å². The van der Waals surface area contributed by atoms with Crippen LogP contribution < -0.4 is 10.1 Å². The van der Waals surface area contributed by atoms with E-state index in [-0.39, 0.29) is 17.7 Å². The number of hydrogen-bond donors (Lipinski definition) is 2. The van der Waals surface area contributed by atoms with Crippen molar-refractivity contribution in [2.45, 2.75) is 26.0 Å².